The molecule has 25 heavy (non-hydrogen) atoms. The molecule has 6 heteroatoms. The van der Waals surface area contributed by atoms with Gasteiger partial charge in [0.25, 0.3) is 0 Å². The average molecular weight is 364 g/mol. The number of ether oxygens (including phenoxy) is 1. The van der Waals surface area contributed by atoms with Gasteiger partial charge in [0, 0.05) is 5.92 Å². The van der Waals surface area contributed by atoms with E-state index >= 15 is 0 Å². The zero-order valence-corrected chi connectivity index (χ0v) is 16.7. The topological polar surface area (TPSA) is 55.8 Å². The van der Waals surface area contributed by atoms with Gasteiger partial charge in [-0.3, -0.25) is 4.79 Å². The molecule has 5 nitrogen and oxygen atoms in total. The summed E-state index contributed by atoms with van der Waals surface area (Å²) in [4.78, 5) is 27.2. The Bertz CT molecular complexity index is 621. The smallest absolute Gasteiger partial charge is 0.355 e. The van der Waals surface area contributed by atoms with E-state index in [4.69, 9.17) is 9.16 Å². The van der Waals surface area contributed by atoms with Crippen molar-refractivity contribution >= 4 is 20.2 Å². The van der Waals surface area contributed by atoms with Gasteiger partial charge in [0.2, 0.25) is 5.91 Å². The fourth-order valence-corrected chi connectivity index (χ4v) is 5.89. The number of nitrogens with zero attached hydrogens (tertiary/aromatic N) is 1. The van der Waals surface area contributed by atoms with Crippen molar-refractivity contribution in [3.8, 4) is 0 Å². The largest absolute Gasteiger partial charge is 0.457 e. The summed E-state index contributed by atoms with van der Waals surface area (Å²) in [5.74, 6) is -0.219. The van der Waals surface area contributed by atoms with Gasteiger partial charge in [-0.15, -0.1) is 0 Å². The lowest BCUT2D eigenvalue weighted by Crippen LogP contribution is -2.65. The molecule has 1 amide bonds. The van der Waals surface area contributed by atoms with Crippen LogP contribution in [0.4, 0.5) is 0 Å². The van der Waals surface area contributed by atoms with Crippen LogP contribution in [-0.4, -0.2) is 43.8 Å². The SMILES string of the molecule is C=CCOC(=O)C1=C2CCCC[C@H]2[C@@H]2[C@@H]([C@@H](C)O[Si](C)(C)C)C(=O)N12. The molecule has 3 aliphatic rings. The highest BCUT2D eigenvalue weighted by atomic mass is 28.4. The fourth-order valence-electron chi connectivity index (χ4n) is 4.63. The number of hydrogen-bond acceptors (Lipinski definition) is 4. The van der Waals surface area contributed by atoms with Crippen molar-refractivity contribution < 1.29 is 18.8 Å². The minimum atomic E-state index is -1.73. The first-order valence-corrected chi connectivity index (χ1v) is 12.7. The third kappa shape index (κ3) is 3.22. The van der Waals surface area contributed by atoms with Gasteiger partial charge in [-0.05, 0) is 51.4 Å². The molecule has 0 aromatic heterocycles. The van der Waals surface area contributed by atoms with E-state index in [1.165, 1.54) is 0 Å². The number of amides is 1. The molecule has 0 unspecified atom stereocenters. The third-order valence-corrected chi connectivity index (χ3v) is 6.45. The summed E-state index contributed by atoms with van der Waals surface area (Å²) in [5, 5.41) is 0. The lowest BCUT2D eigenvalue weighted by atomic mass is 9.72. The molecule has 2 heterocycles. The van der Waals surface area contributed by atoms with Crippen LogP contribution in [0.2, 0.25) is 19.6 Å². The van der Waals surface area contributed by atoms with Crippen molar-refractivity contribution in [1.29, 1.82) is 0 Å². The lowest BCUT2D eigenvalue weighted by molar-refractivity contribution is -0.163. The van der Waals surface area contributed by atoms with Crippen LogP contribution in [0.15, 0.2) is 23.9 Å². The van der Waals surface area contributed by atoms with Gasteiger partial charge in [0.15, 0.2) is 8.32 Å². The van der Waals surface area contributed by atoms with Crippen molar-refractivity contribution in [1.82, 2.24) is 4.90 Å². The number of rotatable bonds is 6. The van der Waals surface area contributed by atoms with Crippen molar-refractivity contribution in [3.63, 3.8) is 0 Å². The van der Waals surface area contributed by atoms with E-state index in [0.29, 0.717) is 5.70 Å². The quantitative estimate of drug-likeness (QED) is 0.315. The van der Waals surface area contributed by atoms with E-state index in [1.54, 1.807) is 11.0 Å². The predicted molar refractivity (Wildman–Crippen MR) is 98.2 cm³/mol. The van der Waals surface area contributed by atoms with Crippen LogP contribution in [0.1, 0.15) is 32.6 Å². The van der Waals surface area contributed by atoms with Gasteiger partial charge < -0.3 is 14.1 Å². The summed E-state index contributed by atoms with van der Waals surface area (Å²) in [6, 6.07) is 0.0698. The van der Waals surface area contributed by atoms with E-state index in [0.717, 1.165) is 31.3 Å². The summed E-state index contributed by atoms with van der Waals surface area (Å²) in [6.07, 6.45) is 5.60. The summed E-state index contributed by atoms with van der Waals surface area (Å²) < 4.78 is 11.5. The molecular weight excluding hydrogens is 334 g/mol. The Morgan fingerprint density at radius 3 is 2.76 bits per heavy atom. The second-order valence-electron chi connectivity index (χ2n) is 8.27. The number of carbonyl (C=O) groups excluding carboxylic acids is 2. The van der Waals surface area contributed by atoms with Gasteiger partial charge in [-0.25, -0.2) is 4.79 Å². The molecule has 1 saturated heterocycles. The highest BCUT2D eigenvalue weighted by Gasteiger charge is 2.61. The Morgan fingerprint density at radius 2 is 2.12 bits per heavy atom. The maximum Gasteiger partial charge on any atom is 0.355 e. The Hall–Kier alpha value is -1.40. The Labute approximate surface area is 151 Å². The molecule has 4 atom stereocenters. The van der Waals surface area contributed by atoms with Crippen LogP contribution in [0.5, 0.6) is 0 Å². The lowest BCUT2D eigenvalue weighted by Gasteiger charge is -2.49. The van der Waals surface area contributed by atoms with Crippen molar-refractivity contribution in [3.05, 3.63) is 23.9 Å². The number of hydrogen-bond donors (Lipinski definition) is 0. The monoisotopic (exact) mass is 363 g/mol. The normalized spacial score (nSPS) is 29.7. The van der Waals surface area contributed by atoms with Gasteiger partial charge in [0.05, 0.1) is 18.1 Å². The van der Waals surface area contributed by atoms with Gasteiger partial charge in [0.1, 0.15) is 12.3 Å². The Balaban J connectivity index is 1.85. The minimum absolute atomic E-state index is 0.0169. The summed E-state index contributed by atoms with van der Waals surface area (Å²) >= 11 is 0. The first kappa shape index (κ1) is 18.4. The zero-order chi connectivity index (χ0) is 18.4. The van der Waals surface area contributed by atoms with Gasteiger partial charge >= 0.3 is 5.97 Å². The highest BCUT2D eigenvalue weighted by molar-refractivity contribution is 6.69. The molecule has 0 spiro atoms. The molecule has 1 saturated carbocycles. The third-order valence-electron chi connectivity index (χ3n) is 5.38. The first-order chi connectivity index (χ1) is 11.8. The summed E-state index contributed by atoms with van der Waals surface area (Å²) in [6.45, 7) is 12.2. The predicted octanol–water partition coefficient (Wildman–Crippen LogP) is 3.24. The standard InChI is InChI=1S/C19H29NO4Si/c1-6-11-23-19(22)17-14-10-8-7-9-13(14)16-15(18(21)20(16)17)12(2)24-25(3,4)5/h6,12-13,15-16H,1,7-11H2,2-5H3/t12-,13-,15-,16-/m1/s1. The van der Waals surface area contributed by atoms with Crippen LogP contribution in [0.3, 0.4) is 0 Å². The second kappa shape index (κ2) is 6.72. The van der Waals surface area contributed by atoms with Crippen LogP contribution in [0.25, 0.3) is 0 Å². The van der Waals surface area contributed by atoms with Gasteiger partial charge in [-0.1, -0.05) is 19.1 Å². The summed E-state index contributed by atoms with van der Waals surface area (Å²) in [5.41, 5.74) is 1.64. The molecule has 1 aliphatic carbocycles. The Kier molecular flexibility index (Phi) is 4.94. The number of fused-ring (bicyclic) bond motifs is 3. The van der Waals surface area contributed by atoms with Crippen molar-refractivity contribution in [2.45, 2.75) is 64.4 Å². The van der Waals surface area contributed by atoms with E-state index in [2.05, 4.69) is 26.2 Å². The summed E-state index contributed by atoms with van der Waals surface area (Å²) in [7, 11) is -1.73. The average Bonchev–Trinajstić information content (AvgIpc) is 2.82. The van der Waals surface area contributed by atoms with Crippen LogP contribution in [-0.2, 0) is 18.8 Å². The van der Waals surface area contributed by atoms with Crippen LogP contribution < -0.4 is 0 Å². The van der Waals surface area contributed by atoms with E-state index in [-0.39, 0.29) is 42.5 Å². The zero-order valence-electron chi connectivity index (χ0n) is 15.7. The molecule has 0 bridgehead atoms. The van der Waals surface area contributed by atoms with E-state index in [9.17, 15) is 9.59 Å². The van der Waals surface area contributed by atoms with Crippen molar-refractivity contribution in [2.24, 2.45) is 11.8 Å². The molecule has 0 radical (unpaired) electrons. The molecule has 3 rings (SSSR count). The molecule has 0 aromatic rings. The van der Waals surface area contributed by atoms with Crippen LogP contribution >= 0.6 is 0 Å². The van der Waals surface area contributed by atoms with E-state index in [1.807, 2.05) is 6.92 Å². The van der Waals surface area contributed by atoms with Crippen molar-refractivity contribution in [2.75, 3.05) is 6.61 Å². The molecule has 2 fully saturated rings. The Morgan fingerprint density at radius 1 is 1.40 bits per heavy atom. The number of carbonyl (C=O) groups is 2. The molecular formula is C19H29NO4Si. The molecule has 0 N–H and O–H groups in total. The fraction of sp³-hybridized carbons (Fsp3) is 0.684. The molecule has 138 valence electrons. The van der Waals surface area contributed by atoms with E-state index < -0.39 is 8.32 Å². The maximum absolute atomic E-state index is 12.9. The maximum atomic E-state index is 12.9. The number of esters is 1. The first-order valence-electron chi connectivity index (χ1n) is 9.28. The second-order valence-corrected chi connectivity index (χ2v) is 12.7. The number of β-lactam (4-membered cyclic amide) rings is 1. The molecule has 0 aromatic carbocycles. The minimum Gasteiger partial charge on any atom is -0.457 e. The highest BCUT2D eigenvalue weighted by Crippen LogP contribution is 2.52. The van der Waals surface area contributed by atoms with Crippen LogP contribution in [0, 0.1) is 11.8 Å². The molecule has 2 aliphatic heterocycles. The van der Waals surface area contributed by atoms with Gasteiger partial charge in [-0.2, -0.15) is 0 Å².